The molecule has 2 rings (SSSR count). The molecule has 2 atom stereocenters. The van der Waals surface area contributed by atoms with Crippen LogP contribution in [-0.2, 0) is 16.1 Å². The lowest BCUT2D eigenvalue weighted by molar-refractivity contribution is -0.138. The fraction of sp³-hybridized carbons (Fsp3) is 0.364. The Kier molecular flexibility index (Phi) is 9.34. The van der Waals surface area contributed by atoms with E-state index in [0.717, 1.165) is 11.3 Å². The summed E-state index contributed by atoms with van der Waals surface area (Å²) in [5.41, 5.74) is 0.636. The highest BCUT2D eigenvalue weighted by molar-refractivity contribution is 8.00. The lowest BCUT2D eigenvalue weighted by atomic mass is 10.1. The summed E-state index contributed by atoms with van der Waals surface area (Å²) in [6.45, 7) is 5.83. The highest BCUT2D eigenvalue weighted by Gasteiger charge is 2.28. The van der Waals surface area contributed by atoms with E-state index in [-0.39, 0.29) is 30.2 Å². The molecule has 0 aliphatic rings. The standard InChI is InChI=1S/C22H26Cl2N2O2S/c1-4-15(2)25-22(28)16(3)26(13-18-19(23)11-8-12-20(18)24)21(27)14-29-17-9-6-5-7-10-17/h5-12,15-16H,4,13-14H2,1-3H3,(H,25,28)/t15-,16-/m0/s1. The second-order valence-corrected chi connectivity index (χ2v) is 8.68. The van der Waals surface area contributed by atoms with Crippen LogP contribution in [0.15, 0.2) is 53.4 Å². The van der Waals surface area contributed by atoms with Gasteiger partial charge in [0.25, 0.3) is 0 Å². The minimum absolute atomic E-state index is 0.0319. The van der Waals surface area contributed by atoms with Crippen LogP contribution in [0.3, 0.4) is 0 Å². The maximum absolute atomic E-state index is 13.1. The summed E-state index contributed by atoms with van der Waals surface area (Å²) in [7, 11) is 0. The van der Waals surface area contributed by atoms with Gasteiger partial charge in [-0.3, -0.25) is 9.59 Å². The molecule has 0 heterocycles. The number of carbonyl (C=O) groups is 2. The Bertz CT molecular complexity index is 813. The first-order chi connectivity index (χ1) is 13.8. The summed E-state index contributed by atoms with van der Waals surface area (Å²) >= 11 is 14.1. The van der Waals surface area contributed by atoms with Gasteiger partial charge in [0, 0.05) is 33.1 Å². The molecule has 0 radical (unpaired) electrons. The van der Waals surface area contributed by atoms with E-state index in [1.54, 1.807) is 30.0 Å². The van der Waals surface area contributed by atoms with Crippen LogP contribution in [0.1, 0.15) is 32.8 Å². The molecule has 0 saturated carbocycles. The Morgan fingerprint density at radius 2 is 1.66 bits per heavy atom. The maximum atomic E-state index is 13.1. The first kappa shape index (κ1) is 23.6. The molecule has 1 N–H and O–H groups in total. The predicted octanol–water partition coefficient (Wildman–Crippen LogP) is 5.42. The minimum Gasteiger partial charge on any atom is -0.352 e. The van der Waals surface area contributed by atoms with Gasteiger partial charge >= 0.3 is 0 Å². The maximum Gasteiger partial charge on any atom is 0.242 e. The van der Waals surface area contributed by atoms with E-state index in [4.69, 9.17) is 23.2 Å². The van der Waals surface area contributed by atoms with Crippen molar-refractivity contribution >= 4 is 46.8 Å². The molecule has 29 heavy (non-hydrogen) atoms. The molecule has 0 fully saturated rings. The molecule has 0 spiro atoms. The van der Waals surface area contributed by atoms with Gasteiger partial charge in [0.1, 0.15) is 6.04 Å². The molecular weight excluding hydrogens is 427 g/mol. The van der Waals surface area contributed by atoms with Crippen LogP contribution < -0.4 is 5.32 Å². The molecule has 2 amide bonds. The number of benzene rings is 2. The number of amides is 2. The van der Waals surface area contributed by atoms with Crippen molar-refractivity contribution in [3.8, 4) is 0 Å². The number of thioether (sulfide) groups is 1. The largest absolute Gasteiger partial charge is 0.352 e. The lowest BCUT2D eigenvalue weighted by Crippen LogP contribution is -2.50. The zero-order valence-corrected chi connectivity index (χ0v) is 19.2. The Hall–Kier alpha value is -1.69. The quantitative estimate of drug-likeness (QED) is 0.516. The van der Waals surface area contributed by atoms with Crippen LogP contribution in [-0.4, -0.2) is 34.6 Å². The third-order valence-corrected chi connectivity index (χ3v) is 6.37. The third kappa shape index (κ3) is 6.95. The molecule has 156 valence electrons. The fourth-order valence-electron chi connectivity index (χ4n) is 2.65. The topological polar surface area (TPSA) is 49.4 Å². The highest BCUT2D eigenvalue weighted by atomic mass is 35.5. The van der Waals surface area contributed by atoms with Crippen molar-refractivity contribution in [1.29, 1.82) is 0 Å². The van der Waals surface area contributed by atoms with Crippen molar-refractivity contribution in [2.75, 3.05) is 5.75 Å². The van der Waals surface area contributed by atoms with E-state index >= 15 is 0 Å². The van der Waals surface area contributed by atoms with Crippen molar-refractivity contribution in [2.45, 2.75) is 50.7 Å². The monoisotopic (exact) mass is 452 g/mol. The van der Waals surface area contributed by atoms with Gasteiger partial charge in [-0.15, -0.1) is 11.8 Å². The first-order valence-electron chi connectivity index (χ1n) is 9.54. The van der Waals surface area contributed by atoms with Gasteiger partial charge < -0.3 is 10.2 Å². The van der Waals surface area contributed by atoms with Crippen LogP contribution in [0.2, 0.25) is 10.0 Å². The van der Waals surface area contributed by atoms with Crippen molar-refractivity contribution in [3.05, 3.63) is 64.1 Å². The van der Waals surface area contributed by atoms with Crippen molar-refractivity contribution in [1.82, 2.24) is 10.2 Å². The highest BCUT2D eigenvalue weighted by Crippen LogP contribution is 2.27. The normalized spacial score (nSPS) is 12.9. The second-order valence-electron chi connectivity index (χ2n) is 6.82. The van der Waals surface area contributed by atoms with Gasteiger partial charge in [0.05, 0.1) is 5.75 Å². The average molecular weight is 453 g/mol. The molecule has 0 aliphatic carbocycles. The van der Waals surface area contributed by atoms with Gasteiger partial charge in [-0.25, -0.2) is 0 Å². The average Bonchev–Trinajstić information content (AvgIpc) is 2.72. The van der Waals surface area contributed by atoms with Crippen LogP contribution in [0.5, 0.6) is 0 Å². The fourth-order valence-corrected chi connectivity index (χ4v) is 3.97. The van der Waals surface area contributed by atoms with E-state index in [0.29, 0.717) is 15.6 Å². The summed E-state index contributed by atoms with van der Waals surface area (Å²) in [5, 5.41) is 3.89. The van der Waals surface area contributed by atoms with E-state index in [2.05, 4.69) is 5.32 Å². The van der Waals surface area contributed by atoms with Crippen LogP contribution >= 0.6 is 35.0 Å². The van der Waals surface area contributed by atoms with E-state index in [9.17, 15) is 9.59 Å². The molecule has 2 aromatic rings. The number of rotatable bonds is 9. The van der Waals surface area contributed by atoms with Gasteiger partial charge in [-0.1, -0.05) is 54.4 Å². The van der Waals surface area contributed by atoms with Gasteiger partial charge in [-0.2, -0.15) is 0 Å². The molecule has 0 unspecified atom stereocenters. The van der Waals surface area contributed by atoms with E-state index in [1.807, 2.05) is 44.2 Å². The van der Waals surface area contributed by atoms with Gasteiger partial charge in [-0.05, 0) is 44.5 Å². The molecule has 0 aromatic heterocycles. The van der Waals surface area contributed by atoms with Crippen LogP contribution in [0.25, 0.3) is 0 Å². The second kappa shape index (κ2) is 11.5. The Morgan fingerprint density at radius 3 is 2.24 bits per heavy atom. The molecule has 2 aromatic carbocycles. The Balaban J connectivity index is 2.21. The van der Waals surface area contributed by atoms with Crippen molar-refractivity contribution in [3.63, 3.8) is 0 Å². The van der Waals surface area contributed by atoms with Gasteiger partial charge in [0.2, 0.25) is 11.8 Å². The number of carbonyl (C=O) groups excluding carboxylic acids is 2. The third-order valence-electron chi connectivity index (χ3n) is 4.66. The Labute approximate surface area is 187 Å². The van der Waals surface area contributed by atoms with Crippen molar-refractivity contribution < 1.29 is 9.59 Å². The zero-order valence-electron chi connectivity index (χ0n) is 16.8. The number of nitrogens with zero attached hydrogens (tertiary/aromatic N) is 1. The van der Waals surface area contributed by atoms with Crippen LogP contribution in [0.4, 0.5) is 0 Å². The summed E-state index contributed by atoms with van der Waals surface area (Å²) in [6.07, 6.45) is 0.812. The summed E-state index contributed by atoms with van der Waals surface area (Å²) in [4.78, 5) is 28.3. The number of hydrogen-bond acceptors (Lipinski definition) is 3. The molecule has 0 saturated heterocycles. The van der Waals surface area contributed by atoms with E-state index in [1.165, 1.54) is 11.8 Å². The lowest BCUT2D eigenvalue weighted by Gasteiger charge is -2.30. The molecule has 0 aliphatic heterocycles. The smallest absolute Gasteiger partial charge is 0.242 e. The number of hydrogen-bond donors (Lipinski definition) is 1. The molecule has 7 heteroatoms. The Morgan fingerprint density at radius 1 is 1.03 bits per heavy atom. The molecular formula is C22H26Cl2N2O2S. The number of halogens is 2. The summed E-state index contributed by atoms with van der Waals surface area (Å²) in [5.74, 6) is -0.130. The molecule has 4 nitrogen and oxygen atoms in total. The van der Waals surface area contributed by atoms with Crippen LogP contribution in [0, 0.1) is 0 Å². The minimum atomic E-state index is -0.653. The predicted molar refractivity (Wildman–Crippen MR) is 122 cm³/mol. The SMILES string of the molecule is CC[C@H](C)NC(=O)[C@H](C)N(Cc1c(Cl)cccc1Cl)C(=O)CSc1ccccc1. The van der Waals surface area contributed by atoms with Gasteiger partial charge in [0.15, 0.2) is 0 Å². The zero-order chi connectivity index (χ0) is 21.4. The number of nitrogens with one attached hydrogen (secondary N) is 1. The van der Waals surface area contributed by atoms with E-state index < -0.39 is 6.04 Å². The van der Waals surface area contributed by atoms with Crippen molar-refractivity contribution in [2.24, 2.45) is 0 Å². The summed E-state index contributed by atoms with van der Waals surface area (Å²) < 4.78 is 0. The summed E-state index contributed by atoms with van der Waals surface area (Å²) in [6, 6.07) is 14.3. The first-order valence-corrected chi connectivity index (χ1v) is 11.3. The molecule has 0 bridgehead atoms.